The summed E-state index contributed by atoms with van der Waals surface area (Å²) in [7, 11) is 0. The second-order valence-corrected chi connectivity index (χ2v) is 4.82. The van der Waals surface area contributed by atoms with Gasteiger partial charge in [-0.2, -0.15) is 0 Å². The van der Waals surface area contributed by atoms with Gasteiger partial charge in [0.1, 0.15) is 0 Å². The lowest BCUT2D eigenvalue weighted by molar-refractivity contribution is 0.148. The van der Waals surface area contributed by atoms with E-state index >= 15 is 0 Å². The monoisotopic (exact) mass is 219 g/mol. The number of rotatable bonds is 4. The van der Waals surface area contributed by atoms with Crippen LogP contribution in [0.1, 0.15) is 37.7 Å². The summed E-state index contributed by atoms with van der Waals surface area (Å²) in [5, 5.41) is 13.2. The topological polar surface area (TPSA) is 32.3 Å². The van der Waals surface area contributed by atoms with Gasteiger partial charge in [-0.1, -0.05) is 37.3 Å². The van der Waals surface area contributed by atoms with Crippen LogP contribution < -0.4 is 5.32 Å². The molecular formula is C14H21NO. The Labute approximate surface area is 97.7 Å². The van der Waals surface area contributed by atoms with Gasteiger partial charge in [0.2, 0.25) is 0 Å². The van der Waals surface area contributed by atoms with E-state index in [4.69, 9.17) is 0 Å². The molecule has 0 aliphatic heterocycles. The van der Waals surface area contributed by atoms with Gasteiger partial charge >= 0.3 is 0 Å². The normalized spacial score (nSPS) is 26.9. The lowest BCUT2D eigenvalue weighted by Crippen LogP contribution is -2.37. The van der Waals surface area contributed by atoms with Crippen molar-refractivity contribution in [2.24, 2.45) is 0 Å². The van der Waals surface area contributed by atoms with Crippen LogP contribution >= 0.6 is 0 Å². The van der Waals surface area contributed by atoms with Gasteiger partial charge in [-0.15, -0.1) is 0 Å². The maximum Gasteiger partial charge on any atom is 0.0693 e. The van der Waals surface area contributed by atoms with E-state index in [-0.39, 0.29) is 6.10 Å². The first-order valence-corrected chi connectivity index (χ1v) is 6.24. The second-order valence-electron chi connectivity index (χ2n) is 4.82. The lowest BCUT2D eigenvalue weighted by atomic mass is 10.0. The zero-order valence-corrected chi connectivity index (χ0v) is 9.89. The van der Waals surface area contributed by atoms with Gasteiger partial charge < -0.3 is 10.4 Å². The second kappa shape index (κ2) is 5.46. The van der Waals surface area contributed by atoms with E-state index in [9.17, 15) is 5.11 Å². The van der Waals surface area contributed by atoms with E-state index < -0.39 is 0 Å². The van der Waals surface area contributed by atoms with Gasteiger partial charge in [-0.25, -0.2) is 0 Å². The molecule has 0 amide bonds. The van der Waals surface area contributed by atoms with Crippen molar-refractivity contribution >= 4 is 0 Å². The summed E-state index contributed by atoms with van der Waals surface area (Å²) in [6.07, 6.45) is 3.08. The smallest absolute Gasteiger partial charge is 0.0693 e. The summed E-state index contributed by atoms with van der Waals surface area (Å²) >= 11 is 0. The first kappa shape index (κ1) is 11.6. The van der Waals surface area contributed by atoms with Crippen LogP contribution in [0.4, 0.5) is 0 Å². The molecule has 1 aromatic rings. The van der Waals surface area contributed by atoms with E-state index in [0.29, 0.717) is 12.0 Å². The molecule has 2 rings (SSSR count). The molecule has 88 valence electrons. The standard InChI is InChI=1S/C14H21NO/c1-11(12-6-3-2-4-7-12)10-15-13-8-5-9-14(13)16/h2-4,6-7,11,13-16H,5,8-10H2,1H3/t11?,13-,14-/m0/s1. The van der Waals surface area contributed by atoms with E-state index in [0.717, 1.165) is 25.8 Å². The molecule has 1 aliphatic rings. The average molecular weight is 219 g/mol. The fourth-order valence-corrected chi connectivity index (χ4v) is 2.41. The third kappa shape index (κ3) is 2.83. The summed E-state index contributed by atoms with van der Waals surface area (Å²) in [6.45, 7) is 3.18. The van der Waals surface area contributed by atoms with Crippen molar-refractivity contribution in [3.8, 4) is 0 Å². The highest BCUT2D eigenvalue weighted by Gasteiger charge is 2.24. The van der Waals surface area contributed by atoms with Crippen LogP contribution in [0.3, 0.4) is 0 Å². The maximum absolute atomic E-state index is 9.71. The number of aliphatic hydroxyl groups is 1. The van der Waals surface area contributed by atoms with Gasteiger partial charge in [0.15, 0.2) is 0 Å². The number of hydrogen-bond donors (Lipinski definition) is 2. The molecule has 0 aromatic heterocycles. The molecule has 1 aromatic carbocycles. The van der Waals surface area contributed by atoms with Gasteiger partial charge in [0.05, 0.1) is 6.10 Å². The molecule has 2 nitrogen and oxygen atoms in total. The summed E-state index contributed by atoms with van der Waals surface area (Å²) in [6, 6.07) is 10.8. The number of hydrogen-bond acceptors (Lipinski definition) is 2. The summed E-state index contributed by atoms with van der Waals surface area (Å²) < 4.78 is 0. The minimum atomic E-state index is -0.136. The van der Waals surface area contributed by atoms with Crippen LogP contribution in [0.5, 0.6) is 0 Å². The molecule has 0 heterocycles. The highest BCUT2D eigenvalue weighted by Crippen LogP contribution is 2.20. The number of benzene rings is 1. The Kier molecular flexibility index (Phi) is 3.97. The Morgan fingerprint density at radius 1 is 1.31 bits per heavy atom. The van der Waals surface area contributed by atoms with Gasteiger partial charge in [-0.05, 0) is 30.7 Å². The Bertz CT molecular complexity index is 312. The SMILES string of the molecule is CC(CN[C@H]1CCC[C@@H]1O)c1ccccc1. The minimum Gasteiger partial charge on any atom is -0.392 e. The number of nitrogens with one attached hydrogen (secondary N) is 1. The molecule has 2 heteroatoms. The molecule has 1 aliphatic carbocycles. The third-order valence-electron chi connectivity index (χ3n) is 3.53. The molecule has 0 saturated heterocycles. The summed E-state index contributed by atoms with van der Waals surface area (Å²) in [5.74, 6) is 0.508. The summed E-state index contributed by atoms with van der Waals surface area (Å²) in [5.41, 5.74) is 1.36. The van der Waals surface area contributed by atoms with Gasteiger partial charge in [0.25, 0.3) is 0 Å². The predicted molar refractivity (Wildman–Crippen MR) is 66.5 cm³/mol. The molecule has 1 fully saturated rings. The molecular weight excluding hydrogens is 198 g/mol. The highest BCUT2D eigenvalue weighted by atomic mass is 16.3. The van der Waals surface area contributed by atoms with Crippen molar-refractivity contribution in [2.75, 3.05) is 6.54 Å². The van der Waals surface area contributed by atoms with E-state index in [1.54, 1.807) is 0 Å². The highest BCUT2D eigenvalue weighted by molar-refractivity contribution is 5.19. The molecule has 0 bridgehead atoms. The van der Waals surface area contributed by atoms with Crippen LogP contribution in [0.15, 0.2) is 30.3 Å². The molecule has 16 heavy (non-hydrogen) atoms. The summed E-state index contributed by atoms with van der Waals surface area (Å²) in [4.78, 5) is 0. The van der Waals surface area contributed by atoms with Crippen LogP contribution in [-0.4, -0.2) is 23.8 Å². The van der Waals surface area contributed by atoms with E-state index in [2.05, 4.69) is 36.5 Å². The number of aliphatic hydroxyl groups excluding tert-OH is 1. The van der Waals surface area contributed by atoms with Crippen molar-refractivity contribution in [1.29, 1.82) is 0 Å². The van der Waals surface area contributed by atoms with Crippen molar-refractivity contribution in [3.63, 3.8) is 0 Å². The molecule has 1 saturated carbocycles. The zero-order chi connectivity index (χ0) is 11.4. The van der Waals surface area contributed by atoms with Crippen molar-refractivity contribution in [1.82, 2.24) is 5.32 Å². The predicted octanol–water partition coefficient (Wildman–Crippen LogP) is 2.29. The van der Waals surface area contributed by atoms with Gasteiger partial charge in [0, 0.05) is 12.6 Å². The Hall–Kier alpha value is -0.860. The van der Waals surface area contributed by atoms with Crippen LogP contribution in [0, 0.1) is 0 Å². The van der Waals surface area contributed by atoms with Gasteiger partial charge in [-0.3, -0.25) is 0 Å². The van der Waals surface area contributed by atoms with Crippen LogP contribution in [-0.2, 0) is 0 Å². The third-order valence-corrected chi connectivity index (χ3v) is 3.53. The molecule has 2 N–H and O–H groups in total. The van der Waals surface area contributed by atoms with Crippen LogP contribution in [0.25, 0.3) is 0 Å². The largest absolute Gasteiger partial charge is 0.392 e. The minimum absolute atomic E-state index is 0.136. The zero-order valence-electron chi connectivity index (χ0n) is 9.89. The van der Waals surface area contributed by atoms with E-state index in [1.165, 1.54) is 5.56 Å². The molecule has 1 unspecified atom stereocenters. The van der Waals surface area contributed by atoms with E-state index in [1.807, 2.05) is 6.07 Å². The van der Waals surface area contributed by atoms with Crippen LogP contribution in [0.2, 0.25) is 0 Å². The Morgan fingerprint density at radius 2 is 2.06 bits per heavy atom. The van der Waals surface area contributed by atoms with Crippen molar-refractivity contribution in [2.45, 2.75) is 44.2 Å². The Balaban J connectivity index is 1.82. The van der Waals surface area contributed by atoms with Crippen molar-refractivity contribution in [3.05, 3.63) is 35.9 Å². The fraction of sp³-hybridized carbons (Fsp3) is 0.571. The molecule has 3 atom stereocenters. The molecule has 0 radical (unpaired) electrons. The lowest BCUT2D eigenvalue weighted by Gasteiger charge is -2.19. The quantitative estimate of drug-likeness (QED) is 0.814. The Morgan fingerprint density at radius 3 is 2.69 bits per heavy atom. The fourth-order valence-electron chi connectivity index (χ4n) is 2.41. The average Bonchev–Trinajstić information content (AvgIpc) is 2.73. The first-order valence-electron chi connectivity index (χ1n) is 6.24. The molecule has 0 spiro atoms. The maximum atomic E-state index is 9.71. The first-order chi connectivity index (χ1) is 7.77. The van der Waals surface area contributed by atoms with Crippen molar-refractivity contribution < 1.29 is 5.11 Å².